The van der Waals surface area contributed by atoms with Crippen LogP contribution in [0.1, 0.15) is 16.7 Å². The van der Waals surface area contributed by atoms with Crippen LogP contribution < -0.4 is 0 Å². The van der Waals surface area contributed by atoms with Crippen LogP contribution in [0, 0.1) is 17.1 Å². The van der Waals surface area contributed by atoms with E-state index in [9.17, 15) is 9.65 Å². The van der Waals surface area contributed by atoms with Gasteiger partial charge in [0.2, 0.25) is 0 Å². The van der Waals surface area contributed by atoms with Gasteiger partial charge in [0, 0.05) is 32.7 Å². The number of hydrogen-bond acceptors (Lipinski definition) is 1. The number of rotatable bonds is 4. The first kappa shape index (κ1) is 18.2. The lowest BCUT2D eigenvalue weighted by Gasteiger charge is -2.06. The molecule has 3 aromatic carbocycles. The minimum absolute atomic E-state index is 0.218. The Labute approximate surface area is 171 Å². The molecule has 0 saturated heterocycles. The predicted molar refractivity (Wildman–Crippen MR) is 115 cm³/mol. The van der Waals surface area contributed by atoms with Crippen molar-refractivity contribution in [3.63, 3.8) is 0 Å². The van der Waals surface area contributed by atoms with E-state index >= 15 is 0 Å². The highest BCUT2D eigenvalue weighted by molar-refractivity contribution is 9.10. The summed E-state index contributed by atoms with van der Waals surface area (Å²) in [6.07, 6.45) is 3.87. The lowest BCUT2D eigenvalue weighted by Crippen LogP contribution is -2.00. The third-order valence-corrected chi connectivity index (χ3v) is 5.22. The Morgan fingerprint density at radius 3 is 2.46 bits per heavy atom. The Bertz CT molecular complexity index is 1210. The summed E-state index contributed by atoms with van der Waals surface area (Å²) in [6, 6.07) is 24.7. The van der Waals surface area contributed by atoms with Crippen LogP contribution in [0.4, 0.5) is 4.39 Å². The van der Waals surface area contributed by atoms with E-state index in [1.807, 2.05) is 71.4 Å². The Kier molecular flexibility index (Phi) is 5.10. The molecule has 2 nitrogen and oxygen atoms in total. The van der Waals surface area contributed by atoms with E-state index in [2.05, 4.69) is 22.0 Å². The molecule has 28 heavy (non-hydrogen) atoms. The number of aromatic nitrogens is 1. The molecule has 0 aliphatic carbocycles. The molecule has 0 N–H and O–H groups in total. The Balaban J connectivity index is 1.81. The molecule has 0 unspecified atom stereocenters. The zero-order chi connectivity index (χ0) is 19.5. The summed E-state index contributed by atoms with van der Waals surface area (Å²) in [5, 5.41) is 10.7. The number of nitrogens with zero attached hydrogens (tertiary/aromatic N) is 2. The highest BCUT2D eigenvalue weighted by Crippen LogP contribution is 2.27. The number of para-hydroxylation sites is 1. The SMILES string of the molecule is N#C/C(=C\c1cn(Cc2ccccc2F)c2ccccc12)c1ccc(Br)cc1. The quantitative estimate of drug-likeness (QED) is 0.333. The van der Waals surface area contributed by atoms with Crippen molar-refractivity contribution < 1.29 is 4.39 Å². The fourth-order valence-corrected chi connectivity index (χ4v) is 3.56. The average molecular weight is 431 g/mol. The minimum atomic E-state index is -0.218. The molecular formula is C24H16BrFN2. The van der Waals surface area contributed by atoms with Gasteiger partial charge in [0.15, 0.2) is 0 Å². The molecule has 4 aromatic rings. The van der Waals surface area contributed by atoms with Crippen molar-refractivity contribution in [3.05, 3.63) is 106 Å². The molecule has 4 heteroatoms. The normalized spacial score (nSPS) is 11.5. The molecule has 0 amide bonds. The summed E-state index contributed by atoms with van der Waals surface area (Å²) in [7, 11) is 0. The Morgan fingerprint density at radius 2 is 1.71 bits per heavy atom. The van der Waals surface area contributed by atoms with Gasteiger partial charge in [-0.2, -0.15) is 5.26 Å². The Morgan fingerprint density at radius 1 is 1.00 bits per heavy atom. The van der Waals surface area contributed by atoms with Gasteiger partial charge >= 0.3 is 0 Å². The maximum atomic E-state index is 14.1. The average Bonchev–Trinajstić information content (AvgIpc) is 3.06. The van der Waals surface area contributed by atoms with Crippen molar-refractivity contribution in [2.45, 2.75) is 6.54 Å². The van der Waals surface area contributed by atoms with Gasteiger partial charge in [-0.1, -0.05) is 64.5 Å². The summed E-state index contributed by atoms with van der Waals surface area (Å²) in [6.45, 7) is 0.432. The molecular weight excluding hydrogens is 415 g/mol. The molecule has 0 bridgehead atoms. The summed E-state index contributed by atoms with van der Waals surface area (Å²) in [5.74, 6) is -0.218. The maximum Gasteiger partial charge on any atom is 0.128 e. The summed E-state index contributed by atoms with van der Waals surface area (Å²) in [5.41, 5.74) is 4.02. The van der Waals surface area contributed by atoms with Crippen LogP contribution in [0.25, 0.3) is 22.6 Å². The van der Waals surface area contributed by atoms with Crippen molar-refractivity contribution >= 4 is 38.5 Å². The minimum Gasteiger partial charge on any atom is -0.342 e. The number of nitriles is 1. The number of halogens is 2. The first-order valence-corrected chi connectivity index (χ1v) is 9.64. The maximum absolute atomic E-state index is 14.1. The highest BCUT2D eigenvalue weighted by atomic mass is 79.9. The highest BCUT2D eigenvalue weighted by Gasteiger charge is 2.10. The topological polar surface area (TPSA) is 28.7 Å². The second-order valence-electron chi connectivity index (χ2n) is 6.50. The monoisotopic (exact) mass is 430 g/mol. The molecule has 0 atom stereocenters. The molecule has 136 valence electrons. The predicted octanol–water partition coefficient (Wildman–Crippen LogP) is 6.66. The van der Waals surface area contributed by atoms with Gasteiger partial charge in [-0.25, -0.2) is 4.39 Å². The van der Waals surface area contributed by atoms with Crippen molar-refractivity contribution in [1.29, 1.82) is 5.26 Å². The van der Waals surface area contributed by atoms with E-state index in [1.54, 1.807) is 12.1 Å². The van der Waals surface area contributed by atoms with Crippen molar-refractivity contribution in [2.24, 2.45) is 0 Å². The van der Waals surface area contributed by atoms with E-state index in [0.29, 0.717) is 17.7 Å². The summed E-state index contributed by atoms with van der Waals surface area (Å²) in [4.78, 5) is 0. The van der Waals surface area contributed by atoms with Gasteiger partial charge in [-0.3, -0.25) is 0 Å². The Hall–Kier alpha value is -3.16. The van der Waals surface area contributed by atoms with Crippen molar-refractivity contribution in [3.8, 4) is 6.07 Å². The molecule has 0 fully saturated rings. The fraction of sp³-hybridized carbons (Fsp3) is 0.0417. The first-order chi connectivity index (χ1) is 13.7. The van der Waals surface area contributed by atoms with Crippen LogP contribution >= 0.6 is 15.9 Å². The largest absolute Gasteiger partial charge is 0.342 e. The van der Waals surface area contributed by atoms with Crippen LogP contribution in [-0.2, 0) is 6.54 Å². The van der Waals surface area contributed by atoms with Crippen LogP contribution in [0.15, 0.2) is 83.5 Å². The molecule has 4 rings (SSSR count). The van der Waals surface area contributed by atoms with E-state index in [4.69, 9.17) is 0 Å². The second-order valence-corrected chi connectivity index (χ2v) is 7.41. The molecule has 0 radical (unpaired) electrons. The van der Waals surface area contributed by atoms with E-state index in [0.717, 1.165) is 26.5 Å². The third kappa shape index (κ3) is 3.62. The number of allylic oxidation sites excluding steroid dienone is 1. The zero-order valence-corrected chi connectivity index (χ0v) is 16.5. The smallest absolute Gasteiger partial charge is 0.128 e. The van der Waals surface area contributed by atoms with Gasteiger partial charge in [0.1, 0.15) is 5.82 Å². The lowest BCUT2D eigenvalue weighted by atomic mass is 10.0. The van der Waals surface area contributed by atoms with Crippen LogP contribution in [0.3, 0.4) is 0 Å². The van der Waals surface area contributed by atoms with E-state index in [-0.39, 0.29) is 5.82 Å². The fourth-order valence-electron chi connectivity index (χ4n) is 3.30. The second kappa shape index (κ2) is 7.84. The van der Waals surface area contributed by atoms with Gasteiger partial charge in [0.05, 0.1) is 18.2 Å². The third-order valence-electron chi connectivity index (χ3n) is 4.69. The summed E-state index contributed by atoms with van der Waals surface area (Å²) >= 11 is 3.42. The van der Waals surface area contributed by atoms with Crippen LogP contribution in [0.2, 0.25) is 0 Å². The molecule has 1 heterocycles. The van der Waals surface area contributed by atoms with Gasteiger partial charge in [0.25, 0.3) is 0 Å². The van der Waals surface area contributed by atoms with E-state index in [1.165, 1.54) is 6.07 Å². The molecule has 0 saturated carbocycles. The first-order valence-electron chi connectivity index (χ1n) is 8.85. The molecule has 0 aliphatic rings. The molecule has 0 spiro atoms. The van der Waals surface area contributed by atoms with Crippen LogP contribution in [0.5, 0.6) is 0 Å². The summed E-state index contributed by atoms with van der Waals surface area (Å²) < 4.78 is 17.1. The molecule has 1 aromatic heterocycles. The van der Waals surface area contributed by atoms with Gasteiger partial charge < -0.3 is 4.57 Å². The number of benzene rings is 3. The zero-order valence-electron chi connectivity index (χ0n) is 14.9. The van der Waals surface area contributed by atoms with Crippen molar-refractivity contribution in [2.75, 3.05) is 0 Å². The van der Waals surface area contributed by atoms with Gasteiger partial charge in [-0.05, 0) is 35.9 Å². The van der Waals surface area contributed by atoms with Crippen LogP contribution in [-0.4, -0.2) is 4.57 Å². The molecule has 0 aliphatic heterocycles. The van der Waals surface area contributed by atoms with E-state index < -0.39 is 0 Å². The number of hydrogen-bond donors (Lipinski definition) is 0. The lowest BCUT2D eigenvalue weighted by molar-refractivity contribution is 0.602. The standard InChI is InChI=1S/C24H16BrFN2/c25-21-11-9-17(10-12-21)19(14-27)13-20-16-28(24-8-4-2-6-22(20)24)15-18-5-1-3-7-23(18)26/h1-13,16H,15H2/b19-13+. The van der Waals surface area contributed by atoms with Crippen molar-refractivity contribution in [1.82, 2.24) is 4.57 Å². The number of fused-ring (bicyclic) bond motifs is 1. The van der Waals surface area contributed by atoms with Gasteiger partial charge in [-0.15, -0.1) is 0 Å².